The molecule has 0 radical (unpaired) electrons. The summed E-state index contributed by atoms with van der Waals surface area (Å²) in [6.07, 6.45) is 2.76. The second kappa shape index (κ2) is 9.59. The molecule has 0 amide bonds. The molecule has 1 unspecified atom stereocenters. The predicted octanol–water partition coefficient (Wildman–Crippen LogP) is 5.24. The summed E-state index contributed by atoms with van der Waals surface area (Å²) in [4.78, 5) is 5.12. The highest BCUT2D eigenvalue weighted by Gasteiger charge is 2.39. The topological polar surface area (TPSA) is 99.5 Å². The lowest BCUT2D eigenvalue weighted by atomic mass is 9.96. The molecule has 2 heterocycles. The molecule has 5 rings (SSSR count). The number of nitrogens with zero attached hydrogens (tertiary/aromatic N) is 1. The third-order valence-corrected chi connectivity index (χ3v) is 10.2. The number of aliphatic hydroxyl groups is 2. The van der Waals surface area contributed by atoms with E-state index in [9.17, 15) is 18.6 Å². The Balaban J connectivity index is 1.65. The SMILES string of the molecule is CC(O)(CO)c1ccnc(-c2cccc3cc([C@H](NS(=O)(=O)C4CC4)c4c(F)cccc4Br)sc23)c1. The number of aromatic nitrogens is 1. The van der Waals surface area contributed by atoms with Gasteiger partial charge in [-0.25, -0.2) is 17.5 Å². The number of aliphatic hydroxyl groups excluding tert-OH is 1. The van der Waals surface area contributed by atoms with Crippen LogP contribution in [-0.2, 0) is 15.6 Å². The molecule has 1 fully saturated rings. The van der Waals surface area contributed by atoms with Gasteiger partial charge in [-0.05, 0) is 61.0 Å². The number of sulfonamides is 1. The quantitative estimate of drug-likeness (QED) is 0.261. The van der Waals surface area contributed by atoms with Gasteiger partial charge >= 0.3 is 0 Å². The van der Waals surface area contributed by atoms with Crippen molar-refractivity contribution in [2.75, 3.05) is 6.61 Å². The molecule has 3 N–H and O–H groups in total. The molecule has 4 aromatic rings. The zero-order valence-electron chi connectivity index (χ0n) is 19.3. The highest BCUT2D eigenvalue weighted by molar-refractivity contribution is 9.10. The number of hydrogen-bond donors (Lipinski definition) is 3. The van der Waals surface area contributed by atoms with Crippen LogP contribution in [0.15, 0.2) is 65.3 Å². The summed E-state index contributed by atoms with van der Waals surface area (Å²) in [7, 11) is -3.64. The van der Waals surface area contributed by atoms with E-state index in [1.165, 1.54) is 24.3 Å². The minimum absolute atomic E-state index is 0.231. The lowest BCUT2D eigenvalue weighted by Gasteiger charge is -2.21. The van der Waals surface area contributed by atoms with Crippen molar-refractivity contribution in [1.82, 2.24) is 9.71 Å². The maximum atomic E-state index is 15.1. The summed E-state index contributed by atoms with van der Waals surface area (Å²) in [6.45, 7) is 1.09. The summed E-state index contributed by atoms with van der Waals surface area (Å²) in [6, 6.07) is 14.6. The van der Waals surface area contributed by atoms with Crippen LogP contribution in [0.25, 0.3) is 21.3 Å². The normalized spacial score (nSPS) is 16.7. The lowest BCUT2D eigenvalue weighted by Crippen LogP contribution is -2.32. The minimum Gasteiger partial charge on any atom is -0.393 e. The maximum Gasteiger partial charge on any atom is 0.215 e. The van der Waals surface area contributed by atoms with E-state index in [1.807, 2.05) is 24.3 Å². The Morgan fingerprint density at radius 1 is 1.22 bits per heavy atom. The first kappa shape index (κ1) is 25.4. The van der Waals surface area contributed by atoms with Crippen molar-refractivity contribution in [3.8, 4) is 11.3 Å². The molecule has 0 bridgehead atoms. The average Bonchev–Trinajstić information content (AvgIpc) is 3.63. The summed E-state index contributed by atoms with van der Waals surface area (Å²) >= 11 is 4.77. The van der Waals surface area contributed by atoms with Gasteiger partial charge in [0.05, 0.1) is 23.6 Å². The van der Waals surface area contributed by atoms with Crippen LogP contribution in [0.4, 0.5) is 4.39 Å². The molecule has 10 heteroatoms. The molecule has 2 aromatic carbocycles. The van der Waals surface area contributed by atoms with Crippen LogP contribution in [0, 0.1) is 5.82 Å². The number of rotatable bonds is 8. The molecule has 1 saturated carbocycles. The van der Waals surface area contributed by atoms with Crippen molar-refractivity contribution < 1.29 is 23.0 Å². The van der Waals surface area contributed by atoms with E-state index in [2.05, 4.69) is 25.6 Å². The fourth-order valence-corrected chi connectivity index (χ4v) is 7.53. The number of hydrogen-bond acceptors (Lipinski definition) is 6. The minimum atomic E-state index is -3.64. The first-order valence-corrected chi connectivity index (χ1v) is 14.5. The van der Waals surface area contributed by atoms with Crippen molar-refractivity contribution in [2.24, 2.45) is 0 Å². The third-order valence-electron chi connectivity index (χ3n) is 6.35. The van der Waals surface area contributed by atoms with Crippen LogP contribution >= 0.6 is 27.3 Å². The third kappa shape index (κ3) is 4.85. The monoisotopic (exact) mass is 590 g/mol. The van der Waals surface area contributed by atoms with Crippen LogP contribution in [0.2, 0.25) is 0 Å². The average molecular weight is 592 g/mol. The Labute approximate surface area is 221 Å². The first-order chi connectivity index (χ1) is 17.1. The lowest BCUT2D eigenvalue weighted by molar-refractivity contribution is -0.00230. The molecular formula is C26H24BrFN2O4S2. The number of nitrogens with one attached hydrogen (secondary N) is 1. The molecule has 36 heavy (non-hydrogen) atoms. The highest BCUT2D eigenvalue weighted by Crippen LogP contribution is 2.42. The summed E-state index contributed by atoms with van der Waals surface area (Å²) < 4.78 is 45.0. The number of benzene rings is 2. The van der Waals surface area contributed by atoms with Gasteiger partial charge < -0.3 is 10.2 Å². The summed E-state index contributed by atoms with van der Waals surface area (Å²) in [5, 5.41) is 20.5. The Bertz CT molecular complexity index is 1530. The van der Waals surface area contributed by atoms with Crippen LogP contribution < -0.4 is 4.72 Å². The molecule has 0 aliphatic heterocycles. The fraction of sp³-hybridized carbons (Fsp3) is 0.269. The second-order valence-electron chi connectivity index (χ2n) is 9.16. The number of pyridine rings is 1. The van der Waals surface area contributed by atoms with E-state index < -0.39 is 39.3 Å². The van der Waals surface area contributed by atoms with Gasteiger partial charge in [0, 0.05) is 31.4 Å². The maximum absolute atomic E-state index is 15.1. The Hall–Kier alpha value is -2.21. The van der Waals surface area contributed by atoms with Gasteiger partial charge in [0.25, 0.3) is 0 Å². The van der Waals surface area contributed by atoms with Crippen LogP contribution in [0.5, 0.6) is 0 Å². The van der Waals surface area contributed by atoms with E-state index in [0.29, 0.717) is 33.4 Å². The largest absolute Gasteiger partial charge is 0.393 e. The van der Waals surface area contributed by atoms with Gasteiger partial charge in [0.15, 0.2) is 0 Å². The molecule has 188 valence electrons. The highest BCUT2D eigenvalue weighted by atomic mass is 79.9. The molecule has 1 aliphatic carbocycles. The van der Waals surface area contributed by atoms with Gasteiger partial charge in [-0.15, -0.1) is 11.3 Å². The van der Waals surface area contributed by atoms with Crippen LogP contribution in [-0.4, -0.2) is 35.5 Å². The van der Waals surface area contributed by atoms with Gasteiger partial charge in [-0.1, -0.05) is 40.2 Å². The van der Waals surface area contributed by atoms with E-state index >= 15 is 4.39 Å². The number of fused-ring (bicyclic) bond motifs is 1. The van der Waals surface area contributed by atoms with Crippen molar-refractivity contribution in [3.63, 3.8) is 0 Å². The zero-order valence-corrected chi connectivity index (χ0v) is 22.5. The standard InChI is InChI=1S/C26H24BrFN2O4S2/c1-26(32,14-31)16-10-11-29-21(13-16)18-5-2-4-15-12-22(35-25(15)18)24(30-36(33,34)17-8-9-17)23-19(27)6-3-7-20(23)28/h2-7,10-13,17,24,30-32H,8-9,14H2,1H3/t24-,26?/m0/s1. The van der Waals surface area contributed by atoms with Crippen molar-refractivity contribution in [3.05, 3.63) is 87.1 Å². The van der Waals surface area contributed by atoms with Crippen LogP contribution in [0.3, 0.4) is 0 Å². The number of thiophene rings is 1. The molecule has 1 aliphatic rings. The second-order valence-corrected chi connectivity index (χ2v) is 13.1. The molecular weight excluding hydrogens is 567 g/mol. The molecule has 0 spiro atoms. The summed E-state index contributed by atoms with van der Waals surface area (Å²) in [5.74, 6) is -0.508. The van der Waals surface area contributed by atoms with E-state index in [0.717, 1.165) is 15.6 Å². The van der Waals surface area contributed by atoms with Gasteiger partial charge in [-0.2, -0.15) is 0 Å². The molecule has 6 nitrogen and oxygen atoms in total. The fourth-order valence-electron chi connectivity index (χ4n) is 4.12. The molecule has 0 saturated heterocycles. The van der Waals surface area contributed by atoms with Crippen molar-refractivity contribution in [2.45, 2.75) is 36.7 Å². The van der Waals surface area contributed by atoms with Gasteiger partial charge in [0.1, 0.15) is 11.4 Å². The van der Waals surface area contributed by atoms with Crippen molar-refractivity contribution >= 4 is 47.4 Å². The smallest absolute Gasteiger partial charge is 0.215 e. The predicted molar refractivity (Wildman–Crippen MR) is 143 cm³/mol. The van der Waals surface area contributed by atoms with Crippen molar-refractivity contribution in [1.29, 1.82) is 0 Å². The Morgan fingerprint density at radius 2 is 1.97 bits per heavy atom. The Kier molecular flexibility index (Phi) is 6.78. The molecule has 2 atom stereocenters. The first-order valence-electron chi connectivity index (χ1n) is 11.4. The van der Waals surface area contributed by atoms with Crippen LogP contribution in [0.1, 0.15) is 41.8 Å². The Morgan fingerprint density at radius 3 is 2.67 bits per heavy atom. The number of halogens is 2. The van der Waals surface area contributed by atoms with Gasteiger partial charge in [-0.3, -0.25) is 4.98 Å². The van der Waals surface area contributed by atoms with E-state index in [4.69, 9.17) is 0 Å². The summed E-state index contributed by atoms with van der Waals surface area (Å²) in [5.41, 5.74) is 0.719. The zero-order chi connectivity index (χ0) is 25.7. The van der Waals surface area contributed by atoms with Gasteiger partial charge in [0.2, 0.25) is 10.0 Å². The van der Waals surface area contributed by atoms with E-state index in [1.54, 1.807) is 30.5 Å². The van der Waals surface area contributed by atoms with E-state index in [-0.39, 0.29) is 5.56 Å². The molecule has 2 aromatic heterocycles.